The van der Waals surface area contributed by atoms with E-state index in [0.29, 0.717) is 12.3 Å². The monoisotopic (exact) mass is 644 g/mol. The summed E-state index contributed by atoms with van der Waals surface area (Å²) in [7, 11) is 0. The van der Waals surface area contributed by atoms with Crippen LogP contribution in [-0.2, 0) is 16.0 Å². The number of carbonyl (C=O) groups excluding carboxylic acids is 2. The second-order valence-electron chi connectivity index (χ2n) is 6.39. The molecule has 1 N–H and O–H groups in total. The molecular formula is C22H18I2N2O3S. The Balaban J connectivity index is 1.97. The molecule has 2 aromatic rings. The summed E-state index contributed by atoms with van der Waals surface area (Å²) < 4.78 is 7.44. The van der Waals surface area contributed by atoms with Gasteiger partial charge in [0.1, 0.15) is 17.9 Å². The van der Waals surface area contributed by atoms with Gasteiger partial charge in [0.25, 0.3) is 11.8 Å². The van der Waals surface area contributed by atoms with Crippen molar-refractivity contribution in [2.45, 2.75) is 13.3 Å². The molecule has 0 aromatic heterocycles. The number of aryl methyl sites for hydroxylation is 1. The third kappa shape index (κ3) is 4.92. The van der Waals surface area contributed by atoms with Crippen LogP contribution in [0.4, 0.5) is 5.69 Å². The van der Waals surface area contributed by atoms with Crippen molar-refractivity contribution < 1.29 is 14.3 Å². The van der Waals surface area contributed by atoms with E-state index in [0.717, 1.165) is 30.4 Å². The minimum absolute atomic E-state index is 0.0227. The summed E-state index contributed by atoms with van der Waals surface area (Å²) in [5.74, 6) is -0.218. The first-order chi connectivity index (χ1) is 14.3. The number of ether oxygens (including phenoxy) is 1. The lowest BCUT2D eigenvalue weighted by Gasteiger charge is -2.29. The minimum Gasteiger partial charge on any atom is -0.487 e. The lowest BCUT2D eigenvalue weighted by atomic mass is 10.1. The summed E-state index contributed by atoms with van der Waals surface area (Å²) in [5, 5.41) is 2.69. The maximum Gasteiger partial charge on any atom is 0.270 e. The summed E-state index contributed by atoms with van der Waals surface area (Å²) in [4.78, 5) is 27.0. The van der Waals surface area contributed by atoms with E-state index in [-0.39, 0.29) is 10.7 Å². The number of nitrogens with one attached hydrogen (secondary N) is 1. The molecule has 8 heteroatoms. The van der Waals surface area contributed by atoms with Crippen molar-refractivity contribution in [2.24, 2.45) is 0 Å². The highest BCUT2D eigenvalue weighted by Gasteiger charge is 2.34. The maximum atomic E-state index is 13.2. The summed E-state index contributed by atoms with van der Waals surface area (Å²) in [6, 6.07) is 11.3. The highest BCUT2D eigenvalue weighted by molar-refractivity contribution is 14.1. The Morgan fingerprint density at radius 1 is 1.17 bits per heavy atom. The molecule has 1 aliphatic rings. The van der Waals surface area contributed by atoms with Gasteiger partial charge in [0, 0.05) is 0 Å². The van der Waals surface area contributed by atoms with Crippen molar-refractivity contribution in [2.75, 3.05) is 11.5 Å². The van der Waals surface area contributed by atoms with Gasteiger partial charge in [0.2, 0.25) is 0 Å². The van der Waals surface area contributed by atoms with E-state index >= 15 is 0 Å². The second-order valence-corrected chi connectivity index (χ2v) is 9.10. The number of nitrogens with zero attached hydrogens (tertiary/aromatic N) is 1. The molecule has 2 aromatic carbocycles. The van der Waals surface area contributed by atoms with Gasteiger partial charge in [-0.2, -0.15) is 0 Å². The molecule has 0 spiro atoms. The van der Waals surface area contributed by atoms with Crippen molar-refractivity contribution in [3.8, 4) is 5.75 Å². The zero-order valence-electron chi connectivity index (χ0n) is 16.1. The number of carbonyl (C=O) groups is 2. The minimum atomic E-state index is -0.511. The molecule has 1 fully saturated rings. The van der Waals surface area contributed by atoms with E-state index in [4.69, 9.17) is 17.0 Å². The van der Waals surface area contributed by atoms with E-state index in [9.17, 15) is 9.59 Å². The van der Waals surface area contributed by atoms with Crippen LogP contribution < -0.4 is 15.0 Å². The van der Waals surface area contributed by atoms with Crippen LogP contribution in [0.2, 0.25) is 0 Å². The van der Waals surface area contributed by atoms with E-state index in [2.05, 4.69) is 64.0 Å². The predicted molar refractivity (Wildman–Crippen MR) is 140 cm³/mol. The van der Waals surface area contributed by atoms with Crippen molar-refractivity contribution in [3.05, 3.63) is 72.9 Å². The Morgan fingerprint density at radius 3 is 2.37 bits per heavy atom. The first kappa shape index (κ1) is 22.9. The molecule has 1 heterocycles. The van der Waals surface area contributed by atoms with Crippen LogP contribution in [0.25, 0.3) is 6.08 Å². The smallest absolute Gasteiger partial charge is 0.270 e. The number of amides is 2. The quantitative estimate of drug-likeness (QED) is 0.161. The van der Waals surface area contributed by atoms with Crippen LogP contribution >= 0.6 is 57.4 Å². The van der Waals surface area contributed by atoms with Crippen molar-refractivity contribution >= 4 is 86.1 Å². The van der Waals surface area contributed by atoms with Gasteiger partial charge in [-0.15, -0.1) is 0 Å². The number of halogens is 2. The largest absolute Gasteiger partial charge is 0.487 e. The number of rotatable bonds is 6. The number of thiocarbonyl (C=S) groups is 1. The zero-order chi connectivity index (χ0) is 21.8. The second kappa shape index (κ2) is 10.0. The topological polar surface area (TPSA) is 58.6 Å². The van der Waals surface area contributed by atoms with Crippen LogP contribution in [0.5, 0.6) is 5.75 Å². The van der Waals surface area contributed by atoms with Crippen LogP contribution in [-0.4, -0.2) is 23.5 Å². The number of anilines is 1. The zero-order valence-corrected chi connectivity index (χ0v) is 21.2. The molecule has 0 bridgehead atoms. The van der Waals surface area contributed by atoms with Crippen LogP contribution in [0, 0.1) is 7.14 Å². The lowest BCUT2D eigenvalue weighted by Crippen LogP contribution is -2.54. The van der Waals surface area contributed by atoms with Gasteiger partial charge in [-0.1, -0.05) is 31.7 Å². The molecule has 0 radical (unpaired) electrons. The van der Waals surface area contributed by atoms with Crippen molar-refractivity contribution in [1.29, 1.82) is 0 Å². The Hall–Kier alpha value is -1.79. The Bertz CT molecular complexity index is 1040. The maximum absolute atomic E-state index is 13.2. The van der Waals surface area contributed by atoms with Crippen molar-refractivity contribution in [1.82, 2.24) is 5.32 Å². The third-order valence-corrected chi connectivity index (χ3v) is 6.27. The molecule has 2 amide bonds. The average molecular weight is 644 g/mol. The fourth-order valence-electron chi connectivity index (χ4n) is 2.88. The number of hydrogen-bond donors (Lipinski definition) is 1. The van der Waals surface area contributed by atoms with Gasteiger partial charge in [-0.05, 0) is 105 Å². The molecule has 1 aliphatic heterocycles. The SMILES string of the molecule is C=CCOc1c(I)cc(/C=C2\C(=O)NC(=S)N(c3ccc(CC)cc3)C2=O)cc1I. The molecule has 3 rings (SSSR count). The molecule has 30 heavy (non-hydrogen) atoms. The van der Waals surface area contributed by atoms with Crippen LogP contribution in [0.1, 0.15) is 18.1 Å². The lowest BCUT2D eigenvalue weighted by molar-refractivity contribution is -0.122. The first-order valence-corrected chi connectivity index (χ1v) is 11.7. The van der Waals surface area contributed by atoms with Gasteiger partial charge in [0.05, 0.1) is 12.8 Å². The van der Waals surface area contributed by atoms with E-state index in [1.54, 1.807) is 12.2 Å². The average Bonchev–Trinajstić information content (AvgIpc) is 2.71. The van der Waals surface area contributed by atoms with Crippen molar-refractivity contribution in [3.63, 3.8) is 0 Å². The summed E-state index contributed by atoms with van der Waals surface area (Å²) in [6.07, 6.45) is 4.15. The van der Waals surface area contributed by atoms with Crippen LogP contribution in [0.15, 0.2) is 54.6 Å². The van der Waals surface area contributed by atoms with Crippen LogP contribution in [0.3, 0.4) is 0 Å². The molecular weight excluding hydrogens is 626 g/mol. The summed E-state index contributed by atoms with van der Waals surface area (Å²) in [5.41, 5.74) is 2.51. The number of benzene rings is 2. The fourth-order valence-corrected chi connectivity index (χ4v) is 5.29. The fraction of sp³-hybridized carbons (Fsp3) is 0.136. The molecule has 0 unspecified atom stereocenters. The van der Waals surface area contributed by atoms with Gasteiger partial charge in [-0.25, -0.2) is 0 Å². The first-order valence-electron chi connectivity index (χ1n) is 9.08. The molecule has 1 saturated heterocycles. The highest BCUT2D eigenvalue weighted by Crippen LogP contribution is 2.30. The molecule has 5 nitrogen and oxygen atoms in total. The van der Waals surface area contributed by atoms with Gasteiger partial charge in [0.15, 0.2) is 5.11 Å². The van der Waals surface area contributed by atoms with Gasteiger partial charge < -0.3 is 4.74 Å². The normalized spacial score (nSPS) is 15.4. The third-order valence-electron chi connectivity index (χ3n) is 4.38. The highest BCUT2D eigenvalue weighted by atomic mass is 127. The van der Waals surface area contributed by atoms with E-state index < -0.39 is 11.8 Å². The van der Waals surface area contributed by atoms with E-state index in [1.807, 2.05) is 36.4 Å². The summed E-state index contributed by atoms with van der Waals surface area (Å²) in [6.45, 7) is 6.12. The number of hydrogen-bond acceptors (Lipinski definition) is 4. The molecule has 0 saturated carbocycles. The summed E-state index contributed by atoms with van der Waals surface area (Å²) >= 11 is 9.60. The predicted octanol–water partition coefficient (Wildman–Crippen LogP) is 4.85. The standard InChI is InChI=1S/C22H18I2N2O3S/c1-3-9-29-19-17(23)11-14(12-18(19)24)10-16-20(27)25-22(30)26(21(16)28)15-7-5-13(4-2)6-8-15/h3,5-8,10-12H,1,4,9H2,2H3,(H,25,27,30)/b16-10+. The Kier molecular flexibility index (Phi) is 7.64. The van der Waals surface area contributed by atoms with Gasteiger partial charge in [-0.3, -0.25) is 19.8 Å². The van der Waals surface area contributed by atoms with E-state index in [1.165, 1.54) is 4.90 Å². The molecule has 154 valence electrons. The Labute approximate surface area is 207 Å². The molecule has 0 atom stereocenters. The molecule has 0 aliphatic carbocycles. The van der Waals surface area contributed by atoms with Gasteiger partial charge >= 0.3 is 0 Å². The Morgan fingerprint density at radius 2 is 1.80 bits per heavy atom.